The van der Waals surface area contributed by atoms with Crippen molar-refractivity contribution in [1.82, 2.24) is 19.6 Å². The van der Waals surface area contributed by atoms with Crippen molar-refractivity contribution in [3.8, 4) is 0 Å². The van der Waals surface area contributed by atoms with E-state index in [0.29, 0.717) is 37.6 Å². The standard InChI is InChI=1S/C42H58FN3O10.C35H52FN3O10/c1-28(37(48)53-27-31-12-10-9-11-13-31)54-38(49)33(24-29-14-15-29)44(7)36(47)35(25-30-16-18-32(19-17-30)46-20-22-52-23-21-46)55-39(50)34(26-42(5,6)43)45(8)40(51)56-41(2,3)4;1-22(30(41)42)47-31(43)26(19-23-9-10-23)37(7)29(40)28(20-24-11-13-25(14-12-24)39-15-17-46-18-16-39)48-32(44)27(21-35(5,6)36)38(8)33(45)49-34(2,3)4/h9-13,16-19,28-29,33-35H,14-15,20-27H2,1-8H3;11-14,22-23,26-28H,9-10,15-21H2,1-8H3,(H,41,42)/t28-,33+,34+,35-;22-,26+,27+,28-/m11/s1. The van der Waals surface area contributed by atoms with Crippen LogP contribution < -0.4 is 9.80 Å². The summed E-state index contributed by atoms with van der Waals surface area (Å²) in [6, 6.07) is 18.7. The molecule has 7 rings (SSSR count). The van der Waals surface area contributed by atoms with E-state index in [9.17, 15) is 53.1 Å². The van der Waals surface area contributed by atoms with Crippen LogP contribution in [-0.4, -0.2) is 236 Å². The van der Waals surface area contributed by atoms with E-state index in [1.54, 1.807) is 65.8 Å². The molecule has 0 radical (unpaired) electrons. The predicted octanol–water partition coefficient (Wildman–Crippen LogP) is 9.65. The van der Waals surface area contributed by atoms with Crippen molar-refractivity contribution in [2.24, 2.45) is 11.8 Å². The zero-order valence-corrected chi connectivity index (χ0v) is 63.9. The summed E-state index contributed by atoms with van der Waals surface area (Å²) in [6.07, 6.45) is -4.62. The van der Waals surface area contributed by atoms with Crippen LogP contribution in [0, 0.1) is 11.8 Å². The minimum atomic E-state index is -1.91. The molecule has 0 unspecified atom stereocenters. The number of carbonyl (C=O) groups excluding carboxylic acids is 9. The molecule has 26 nitrogen and oxygen atoms in total. The zero-order chi connectivity index (χ0) is 77.9. The number of amides is 4. The number of carboxylic acids is 1. The van der Waals surface area contributed by atoms with Gasteiger partial charge in [0.25, 0.3) is 11.8 Å². The molecule has 8 atom stereocenters. The van der Waals surface area contributed by atoms with Gasteiger partial charge in [-0.15, -0.1) is 0 Å². The van der Waals surface area contributed by atoms with Crippen LogP contribution in [0.1, 0.15) is 151 Å². The lowest BCUT2D eigenvalue weighted by Crippen LogP contribution is -2.52. The quantitative estimate of drug-likeness (QED) is 0.0449. The molecule has 0 aromatic heterocycles. The van der Waals surface area contributed by atoms with E-state index in [1.807, 2.05) is 54.6 Å². The molecule has 3 aromatic carbocycles. The fourth-order valence-electron chi connectivity index (χ4n) is 11.5. The summed E-state index contributed by atoms with van der Waals surface area (Å²) >= 11 is 0. The molecule has 105 heavy (non-hydrogen) atoms. The van der Waals surface area contributed by atoms with Crippen LogP contribution in [0.15, 0.2) is 78.9 Å². The van der Waals surface area contributed by atoms with Gasteiger partial charge in [0, 0.05) is 91.4 Å². The number of carboxylic acid groups (broad SMARTS) is 1. The van der Waals surface area contributed by atoms with Gasteiger partial charge in [-0.3, -0.25) is 19.4 Å². The molecule has 2 saturated carbocycles. The van der Waals surface area contributed by atoms with E-state index < -0.39 is 144 Å². The van der Waals surface area contributed by atoms with Gasteiger partial charge in [0.05, 0.1) is 26.4 Å². The summed E-state index contributed by atoms with van der Waals surface area (Å²) < 4.78 is 79.9. The molecule has 2 heterocycles. The number of ether oxygens (including phenoxy) is 9. The number of hydrogen-bond donors (Lipinski definition) is 1. The van der Waals surface area contributed by atoms with E-state index >= 15 is 8.78 Å². The van der Waals surface area contributed by atoms with E-state index in [-0.39, 0.29) is 44.1 Å². The second-order valence-corrected chi connectivity index (χ2v) is 30.7. The van der Waals surface area contributed by atoms with E-state index in [1.165, 1.54) is 74.6 Å². The maximum Gasteiger partial charge on any atom is 0.410 e. The Morgan fingerprint density at radius 3 is 1.13 bits per heavy atom. The normalized spacial score (nSPS) is 17.2. The predicted molar refractivity (Wildman–Crippen MR) is 384 cm³/mol. The molecule has 582 valence electrons. The molecular weight excluding hydrogens is 1370 g/mol. The van der Waals surface area contributed by atoms with Crippen LogP contribution in [0.2, 0.25) is 0 Å². The molecule has 4 aliphatic rings. The maximum atomic E-state index is 15.2. The van der Waals surface area contributed by atoms with Crippen molar-refractivity contribution in [3.63, 3.8) is 0 Å². The number of rotatable bonds is 32. The zero-order valence-electron chi connectivity index (χ0n) is 63.9. The molecule has 3 aromatic rings. The lowest BCUT2D eigenvalue weighted by atomic mass is 9.99. The number of benzene rings is 3. The average molecular weight is 1480 g/mol. The number of nitrogens with zero attached hydrogens (tertiary/aromatic N) is 6. The van der Waals surface area contributed by atoms with E-state index in [4.69, 9.17) is 42.6 Å². The van der Waals surface area contributed by atoms with Gasteiger partial charge < -0.3 is 67.3 Å². The Kier molecular flexibility index (Phi) is 30.9. The van der Waals surface area contributed by atoms with Gasteiger partial charge in [0.15, 0.2) is 24.4 Å². The first kappa shape index (κ1) is 85.3. The minimum absolute atomic E-state index is 0.00434. The highest BCUT2D eigenvalue weighted by Crippen LogP contribution is 2.37. The Morgan fingerprint density at radius 1 is 0.467 bits per heavy atom. The van der Waals surface area contributed by atoms with Crippen LogP contribution in [-0.2, 0) is 100 Å². The minimum Gasteiger partial charge on any atom is -0.479 e. The molecule has 4 fully saturated rings. The Morgan fingerprint density at radius 2 is 0.810 bits per heavy atom. The molecular formula is C77H110F2N6O20. The number of carbonyl (C=O) groups is 10. The fourth-order valence-corrected chi connectivity index (χ4v) is 11.5. The summed E-state index contributed by atoms with van der Waals surface area (Å²) in [4.78, 5) is 142. The molecule has 2 saturated heterocycles. The Hall–Kier alpha value is -8.66. The highest BCUT2D eigenvalue weighted by Gasteiger charge is 2.45. The van der Waals surface area contributed by atoms with Crippen LogP contribution >= 0.6 is 0 Å². The molecule has 0 bridgehead atoms. The fraction of sp³-hybridized carbons (Fsp3) is 0.636. The Balaban J connectivity index is 0.000000332. The largest absolute Gasteiger partial charge is 0.479 e. The van der Waals surface area contributed by atoms with Gasteiger partial charge in [-0.2, -0.15) is 0 Å². The van der Waals surface area contributed by atoms with Crippen molar-refractivity contribution in [3.05, 3.63) is 95.6 Å². The first-order valence-electron chi connectivity index (χ1n) is 36.0. The van der Waals surface area contributed by atoms with Gasteiger partial charge in [-0.05, 0) is 149 Å². The summed E-state index contributed by atoms with van der Waals surface area (Å²) in [6.45, 7) is 22.9. The SMILES string of the molecule is C[C@@H](OC(=O)[C@H](CC1CC1)N(C)C(=O)[C@@H](Cc1ccc(N2CCOCC2)cc1)OC(=O)[C@H](CC(C)(C)F)N(C)C(=O)OC(C)(C)C)C(=O)O.C[C@@H](OC(=O)[C@H](CC1CC1)N(C)C(=O)[C@@H](Cc1ccc(N2CCOCC2)cc1)OC(=O)[C@H](CC(C)(C)F)N(C)C(=O)OC(C)(C)C)C(=O)OCc1ccccc1. The van der Waals surface area contributed by atoms with Gasteiger partial charge in [-0.25, -0.2) is 47.1 Å². The van der Waals surface area contributed by atoms with Gasteiger partial charge in [-0.1, -0.05) is 80.3 Å². The third-order valence-corrected chi connectivity index (χ3v) is 17.9. The summed E-state index contributed by atoms with van der Waals surface area (Å²) in [5, 5.41) is 9.30. The van der Waals surface area contributed by atoms with Crippen molar-refractivity contribution in [2.75, 3.05) is 90.6 Å². The highest BCUT2D eigenvalue weighted by molar-refractivity contribution is 5.92. The number of morpholine rings is 2. The summed E-state index contributed by atoms with van der Waals surface area (Å²) in [5.41, 5.74) is -1.66. The van der Waals surface area contributed by atoms with E-state index in [2.05, 4.69) is 9.80 Å². The average Bonchev–Trinajstić information content (AvgIpc) is 1.64. The van der Waals surface area contributed by atoms with Crippen LogP contribution in [0.3, 0.4) is 0 Å². The molecule has 2 aliphatic carbocycles. The Bertz CT molecular complexity index is 3390. The Labute approximate surface area is 615 Å². The number of alkyl halides is 2. The van der Waals surface area contributed by atoms with Crippen LogP contribution in [0.25, 0.3) is 0 Å². The third kappa shape index (κ3) is 28.6. The van der Waals surface area contributed by atoms with Gasteiger partial charge in [0.1, 0.15) is 53.3 Å². The maximum absolute atomic E-state index is 15.2. The number of halogens is 2. The van der Waals surface area contributed by atoms with Crippen LogP contribution in [0.5, 0.6) is 0 Å². The number of hydrogen-bond acceptors (Lipinski definition) is 21. The number of aliphatic carboxylic acids is 1. The third-order valence-electron chi connectivity index (χ3n) is 17.9. The van der Waals surface area contributed by atoms with Gasteiger partial charge in [0.2, 0.25) is 0 Å². The van der Waals surface area contributed by atoms with Crippen molar-refractivity contribution in [1.29, 1.82) is 0 Å². The van der Waals surface area contributed by atoms with Gasteiger partial charge >= 0.3 is 48.0 Å². The number of likely N-dealkylation sites (N-methyl/N-ethyl adjacent to an activating group) is 4. The second kappa shape index (κ2) is 38.0. The molecule has 4 amide bonds. The van der Waals surface area contributed by atoms with Crippen LogP contribution in [0.4, 0.5) is 29.7 Å². The van der Waals surface area contributed by atoms with Crippen molar-refractivity contribution >= 4 is 71.2 Å². The lowest BCUT2D eigenvalue weighted by Gasteiger charge is -2.34. The molecule has 1 N–H and O–H groups in total. The smallest absolute Gasteiger partial charge is 0.410 e. The lowest BCUT2D eigenvalue weighted by molar-refractivity contribution is -0.174. The molecule has 28 heteroatoms. The first-order valence-corrected chi connectivity index (χ1v) is 36.0. The van der Waals surface area contributed by atoms with E-state index in [0.717, 1.165) is 83.5 Å². The first-order chi connectivity index (χ1) is 49.1. The molecule has 2 aliphatic heterocycles. The summed E-state index contributed by atoms with van der Waals surface area (Å²) in [7, 11) is 5.41. The molecule has 0 spiro atoms. The summed E-state index contributed by atoms with van der Waals surface area (Å²) in [5.74, 6) is -6.99. The monoisotopic (exact) mass is 1480 g/mol. The van der Waals surface area contributed by atoms with Crippen molar-refractivity contribution < 1.29 is 104 Å². The second-order valence-electron chi connectivity index (χ2n) is 30.7. The highest BCUT2D eigenvalue weighted by atomic mass is 19.1. The number of esters is 5. The number of anilines is 2. The van der Waals surface area contributed by atoms with Crippen molar-refractivity contribution in [2.45, 2.75) is 225 Å². The topological polar surface area (TPSA) is 293 Å².